The van der Waals surface area contributed by atoms with Gasteiger partial charge in [-0.1, -0.05) is 18.2 Å². The predicted octanol–water partition coefficient (Wildman–Crippen LogP) is 2.82. The third-order valence-electron chi connectivity index (χ3n) is 6.16. The fourth-order valence-corrected chi connectivity index (χ4v) is 4.46. The van der Waals surface area contributed by atoms with E-state index in [4.69, 9.17) is 10.5 Å². The standard InChI is InChI=1S/C23H27N3O4/c1-14-10-11-15(2)25(14)12-13-26-20-18(27)8-5-9-19(20)30-22(23(26)29)21(28)16-6-3-4-7-17(16)24/h3-9,14-15,22,27H,10-13,24H2,1-2H3. The van der Waals surface area contributed by atoms with E-state index < -0.39 is 17.8 Å². The first-order valence-electron chi connectivity index (χ1n) is 10.3. The van der Waals surface area contributed by atoms with Crippen LogP contribution in [0.4, 0.5) is 11.4 Å². The minimum Gasteiger partial charge on any atom is -0.506 e. The summed E-state index contributed by atoms with van der Waals surface area (Å²) in [7, 11) is 0. The van der Waals surface area contributed by atoms with Gasteiger partial charge in [-0.15, -0.1) is 0 Å². The lowest BCUT2D eigenvalue weighted by atomic mass is 10.0. The quantitative estimate of drug-likeness (QED) is 0.448. The van der Waals surface area contributed by atoms with Gasteiger partial charge >= 0.3 is 0 Å². The highest BCUT2D eigenvalue weighted by Gasteiger charge is 2.41. The molecule has 3 atom stereocenters. The number of para-hydroxylation sites is 2. The Bertz CT molecular complexity index is 967. The monoisotopic (exact) mass is 409 g/mol. The topological polar surface area (TPSA) is 96.1 Å². The number of phenolic OH excluding ortho intramolecular Hbond substituents is 1. The first-order chi connectivity index (χ1) is 14.4. The number of benzene rings is 2. The van der Waals surface area contributed by atoms with Crippen LogP contribution in [0.3, 0.4) is 0 Å². The molecule has 3 unspecified atom stereocenters. The zero-order valence-electron chi connectivity index (χ0n) is 17.2. The molecule has 1 amide bonds. The van der Waals surface area contributed by atoms with Crippen LogP contribution < -0.4 is 15.4 Å². The van der Waals surface area contributed by atoms with Crippen LogP contribution >= 0.6 is 0 Å². The van der Waals surface area contributed by atoms with E-state index in [1.54, 1.807) is 36.4 Å². The Morgan fingerprint density at radius 1 is 1.10 bits per heavy atom. The summed E-state index contributed by atoms with van der Waals surface area (Å²) in [6.45, 7) is 5.37. The van der Waals surface area contributed by atoms with Gasteiger partial charge in [-0.25, -0.2) is 0 Å². The number of rotatable bonds is 5. The van der Waals surface area contributed by atoms with E-state index in [0.717, 1.165) is 12.8 Å². The number of hydrogen-bond acceptors (Lipinski definition) is 6. The molecule has 3 N–H and O–H groups in total. The van der Waals surface area contributed by atoms with Gasteiger partial charge in [0.1, 0.15) is 17.2 Å². The lowest BCUT2D eigenvalue weighted by molar-refractivity contribution is -0.124. The number of amides is 1. The fraction of sp³-hybridized carbons (Fsp3) is 0.391. The van der Waals surface area contributed by atoms with Crippen molar-refractivity contribution in [1.82, 2.24) is 4.90 Å². The zero-order valence-corrected chi connectivity index (χ0v) is 17.2. The highest BCUT2D eigenvalue weighted by atomic mass is 16.5. The van der Waals surface area contributed by atoms with Crippen molar-refractivity contribution >= 4 is 23.1 Å². The summed E-state index contributed by atoms with van der Waals surface area (Å²) >= 11 is 0. The molecule has 0 spiro atoms. The van der Waals surface area contributed by atoms with Crippen molar-refractivity contribution in [2.45, 2.75) is 44.9 Å². The lowest BCUT2D eigenvalue weighted by Gasteiger charge is -2.36. The molecule has 0 aromatic heterocycles. The third-order valence-corrected chi connectivity index (χ3v) is 6.16. The van der Waals surface area contributed by atoms with E-state index in [1.165, 1.54) is 11.0 Å². The van der Waals surface area contributed by atoms with Gasteiger partial charge in [-0.3, -0.25) is 14.5 Å². The number of hydrogen-bond donors (Lipinski definition) is 2. The number of Topliss-reactive ketones (excluding diaryl/α,β-unsaturated/α-hetero) is 1. The molecule has 4 rings (SSSR count). The zero-order chi connectivity index (χ0) is 21.4. The second kappa shape index (κ2) is 7.99. The highest BCUT2D eigenvalue weighted by Crippen LogP contribution is 2.41. The van der Waals surface area contributed by atoms with Crippen LogP contribution in [-0.2, 0) is 4.79 Å². The van der Waals surface area contributed by atoms with Crippen molar-refractivity contribution in [3.05, 3.63) is 48.0 Å². The molecule has 30 heavy (non-hydrogen) atoms. The number of aromatic hydroxyl groups is 1. The van der Waals surface area contributed by atoms with Crippen molar-refractivity contribution in [1.29, 1.82) is 0 Å². The number of nitrogen functional groups attached to an aromatic ring is 1. The largest absolute Gasteiger partial charge is 0.506 e. The van der Waals surface area contributed by atoms with Gasteiger partial charge in [0.05, 0.1) is 0 Å². The Morgan fingerprint density at radius 3 is 2.50 bits per heavy atom. The van der Waals surface area contributed by atoms with Crippen LogP contribution in [0, 0.1) is 0 Å². The first-order valence-corrected chi connectivity index (χ1v) is 10.3. The molecule has 2 heterocycles. The number of phenols is 1. The number of anilines is 2. The second-order valence-corrected chi connectivity index (χ2v) is 8.08. The smallest absolute Gasteiger partial charge is 0.276 e. The molecule has 2 aromatic rings. The summed E-state index contributed by atoms with van der Waals surface area (Å²) in [5.41, 5.74) is 6.81. The molecule has 7 nitrogen and oxygen atoms in total. The molecule has 2 aliphatic heterocycles. The van der Waals surface area contributed by atoms with Crippen molar-refractivity contribution < 1.29 is 19.4 Å². The van der Waals surface area contributed by atoms with Crippen molar-refractivity contribution in [3.8, 4) is 11.5 Å². The lowest BCUT2D eigenvalue weighted by Crippen LogP contribution is -2.52. The Labute approximate surface area is 176 Å². The summed E-state index contributed by atoms with van der Waals surface area (Å²) in [6, 6.07) is 12.3. The number of nitrogens with zero attached hydrogens (tertiary/aromatic N) is 2. The summed E-state index contributed by atoms with van der Waals surface area (Å²) in [6.07, 6.45) is 0.903. The maximum absolute atomic E-state index is 13.3. The number of fused-ring (bicyclic) bond motifs is 1. The summed E-state index contributed by atoms with van der Waals surface area (Å²) < 4.78 is 5.77. The minimum absolute atomic E-state index is 0.0477. The van der Waals surface area contributed by atoms with E-state index >= 15 is 0 Å². The van der Waals surface area contributed by atoms with E-state index in [2.05, 4.69) is 18.7 Å². The molecule has 0 bridgehead atoms. The summed E-state index contributed by atoms with van der Waals surface area (Å²) in [5.74, 6) is -0.713. The molecule has 2 aromatic carbocycles. The first kappa shape index (κ1) is 20.2. The van der Waals surface area contributed by atoms with Gasteiger partial charge in [0, 0.05) is 36.4 Å². The number of carbonyl (C=O) groups is 2. The van der Waals surface area contributed by atoms with Crippen LogP contribution in [0.15, 0.2) is 42.5 Å². The normalized spacial score (nSPS) is 23.9. The number of ketones is 1. The maximum Gasteiger partial charge on any atom is 0.276 e. The Kier molecular flexibility index (Phi) is 5.39. The fourth-order valence-electron chi connectivity index (χ4n) is 4.46. The highest BCUT2D eigenvalue weighted by molar-refractivity contribution is 6.20. The maximum atomic E-state index is 13.3. The van der Waals surface area contributed by atoms with Gasteiger partial charge in [-0.2, -0.15) is 0 Å². The average molecular weight is 409 g/mol. The van der Waals surface area contributed by atoms with Crippen LogP contribution in [-0.4, -0.2) is 53.0 Å². The van der Waals surface area contributed by atoms with Gasteiger partial charge in [0.2, 0.25) is 11.9 Å². The van der Waals surface area contributed by atoms with Gasteiger partial charge in [0.25, 0.3) is 5.91 Å². The molecular weight excluding hydrogens is 382 g/mol. The van der Waals surface area contributed by atoms with E-state index in [9.17, 15) is 14.7 Å². The molecule has 2 aliphatic rings. The summed E-state index contributed by atoms with van der Waals surface area (Å²) in [4.78, 5) is 30.3. The van der Waals surface area contributed by atoms with E-state index in [1.807, 2.05) is 0 Å². The van der Waals surface area contributed by atoms with Crippen LogP contribution in [0.25, 0.3) is 0 Å². The number of ether oxygens (including phenoxy) is 1. The van der Waals surface area contributed by atoms with Crippen molar-refractivity contribution in [2.75, 3.05) is 23.7 Å². The van der Waals surface area contributed by atoms with Gasteiger partial charge in [0.15, 0.2) is 0 Å². The Hall–Kier alpha value is -3.06. The number of nitrogens with two attached hydrogens (primary N) is 1. The third kappa shape index (κ3) is 3.50. The second-order valence-electron chi connectivity index (χ2n) is 8.08. The number of likely N-dealkylation sites (tertiary alicyclic amines) is 1. The van der Waals surface area contributed by atoms with Gasteiger partial charge in [-0.05, 0) is 51.0 Å². The summed E-state index contributed by atoms with van der Waals surface area (Å²) in [5, 5.41) is 10.4. The molecule has 1 fully saturated rings. The number of carbonyl (C=O) groups excluding carboxylic acids is 2. The van der Waals surface area contributed by atoms with Crippen molar-refractivity contribution in [2.24, 2.45) is 0 Å². The minimum atomic E-state index is -1.34. The van der Waals surface area contributed by atoms with E-state index in [0.29, 0.717) is 42.3 Å². The predicted molar refractivity (Wildman–Crippen MR) is 115 cm³/mol. The molecule has 0 saturated carbocycles. The van der Waals surface area contributed by atoms with Crippen LogP contribution in [0.2, 0.25) is 0 Å². The molecule has 158 valence electrons. The molecule has 0 radical (unpaired) electrons. The molecular formula is C23H27N3O4. The van der Waals surface area contributed by atoms with Crippen LogP contribution in [0.5, 0.6) is 11.5 Å². The molecule has 0 aliphatic carbocycles. The SMILES string of the molecule is CC1CCC(C)N1CCN1C(=O)C(C(=O)c2ccccc2N)Oc2cccc(O)c21. The average Bonchev–Trinajstić information content (AvgIpc) is 3.05. The van der Waals surface area contributed by atoms with Crippen molar-refractivity contribution in [3.63, 3.8) is 0 Å². The molecule has 1 saturated heterocycles. The van der Waals surface area contributed by atoms with E-state index in [-0.39, 0.29) is 11.3 Å². The Balaban J connectivity index is 1.65. The van der Waals surface area contributed by atoms with Crippen LogP contribution in [0.1, 0.15) is 37.0 Å². The Morgan fingerprint density at radius 2 is 1.80 bits per heavy atom. The van der Waals surface area contributed by atoms with Gasteiger partial charge < -0.3 is 20.5 Å². The molecule has 7 heteroatoms.